The average Bonchev–Trinajstić information content (AvgIpc) is 3.68. The van der Waals surface area contributed by atoms with E-state index < -0.39 is 0 Å². The van der Waals surface area contributed by atoms with Gasteiger partial charge in [-0.15, -0.1) is 0 Å². The second-order valence-electron chi connectivity index (χ2n) is 14.1. The van der Waals surface area contributed by atoms with Crippen LogP contribution in [0.2, 0.25) is 0 Å². The molecule has 1 N–H and O–H groups in total. The van der Waals surface area contributed by atoms with Gasteiger partial charge in [0, 0.05) is 52.5 Å². The molecule has 0 radical (unpaired) electrons. The summed E-state index contributed by atoms with van der Waals surface area (Å²) in [7, 11) is 0. The zero-order chi connectivity index (χ0) is 35.1. The first-order valence-electron chi connectivity index (χ1n) is 18.5. The SMILES string of the molecule is C1=CC2=CC(c3ccc(C4=CC(c5ccc(-c6nc7ccccc7o6)cc5)N=C(C5C=CC(c6cnc7ccccc7c6)=CC5)N4)cc3)CN=C2CC1. The van der Waals surface area contributed by atoms with Crippen molar-refractivity contribution in [3.63, 3.8) is 0 Å². The van der Waals surface area contributed by atoms with Crippen molar-refractivity contribution in [1.82, 2.24) is 15.3 Å². The molecular weight excluding hydrogens is 651 g/mol. The molecule has 6 aromatic rings. The van der Waals surface area contributed by atoms with Crippen molar-refractivity contribution in [1.29, 1.82) is 0 Å². The quantitative estimate of drug-likeness (QED) is 0.189. The van der Waals surface area contributed by atoms with Crippen molar-refractivity contribution in [3.05, 3.63) is 180 Å². The summed E-state index contributed by atoms with van der Waals surface area (Å²) in [6.45, 7) is 0.810. The lowest BCUT2D eigenvalue weighted by Gasteiger charge is -2.28. The number of nitrogens with zero attached hydrogens (tertiary/aromatic N) is 4. The Morgan fingerprint density at radius 3 is 2.38 bits per heavy atom. The fourth-order valence-electron chi connectivity index (χ4n) is 7.75. The number of dihydropyridines is 1. The Hall–Kier alpha value is -6.40. The average molecular weight is 688 g/mol. The van der Waals surface area contributed by atoms with E-state index in [9.17, 15) is 0 Å². The maximum Gasteiger partial charge on any atom is 0.227 e. The van der Waals surface area contributed by atoms with Crippen molar-refractivity contribution in [2.75, 3.05) is 6.54 Å². The van der Waals surface area contributed by atoms with Crippen LogP contribution in [0.5, 0.6) is 0 Å². The Bertz CT molecular complexity index is 2560. The molecule has 3 atom stereocenters. The van der Waals surface area contributed by atoms with Crippen LogP contribution >= 0.6 is 0 Å². The summed E-state index contributed by atoms with van der Waals surface area (Å²) in [6.07, 6.45) is 20.9. The molecule has 0 fully saturated rings. The Balaban J connectivity index is 0.942. The lowest BCUT2D eigenvalue weighted by atomic mass is 9.88. The zero-order valence-electron chi connectivity index (χ0n) is 29.2. The lowest BCUT2D eigenvalue weighted by Crippen LogP contribution is -2.32. The van der Waals surface area contributed by atoms with E-state index >= 15 is 0 Å². The molecule has 4 heterocycles. The summed E-state index contributed by atoms with van der Waals surface area (Å²) in [5.74, 6) is 1.98. The van der Waals surface area contributed by atoms with Crippen molar-refractivity contribution >= 4 is 44.8 Å². The highest BCUT2D eigenvalue weighted by molar-refractivity contribution is 6.04. The van der Waals surface area contributed by atoms with Crippen LogP contribution in [0.1, 0.15) is 53.5 Å². The van der Waals surface area contributed by atoms with Crippen molar-refractivity contribution in [2.45, 2.75) is 31.2 Å². The third kappa shape index (κ3) is 6.16. The Kier molecular flexibility index (Phi) is 7.86. The molecule has 0 bridgehead atoms. The molecule has 2 aromatic heterocycles. The van der Waals surface area contributed by atoms with Gasteiger partial charge in [0.25, 0.3) is 0 Å². The van der Waals surface area contributed by atoms with Crippen molar-refractivity contribution in [3.8, 4) is 11.5 Å². The first-order valence-corrected chi connectivity index (χ1v) is 18.5. The Morgan fingerprint density at radius 1 is 0.717 bits per heavy atom. The largest absolute Gasteiger partial charge is 0.436 e. The fraction of sp³-hybridized carbons (Fsp3) is 0.149. The van der Waals surface area contributed by atoms with E-state index in [-0.39, 0.29) is 17.9 Å². The fourth-order valence-corrected chi connectivity index (χ4v) is 7.75. The smallest absolute Gasteiger partial charge is 0.227 e. The molecule has 53 heavy (non-hydrogen) atoms. The number of aliphatic imine (C=N–C) groups is 2. The van der Waals surface area contributed by atoms with Crippen LogP contribution in [0.15, 0.2) is 172 Å². The maximum absolute atomic E-state index is 6.06. The predicted octanol–water partition coefficient (Wildman–Crippen LogP) is 10.6. The summed E-state index contributed by atoms with van der Waals surface area (Å²) in [4.78, 5) is 19.7. The highest BCUT2D eigenvalue weighted by atomic mass is 16.3. The summed E-state index contributed by atoms with van der Waals surface area (Å²) in [5.41, 5.74) is 13.1. The molecule has 6 nitrogen and oxygen atoms in total. The maximum atomic E-state index is 6.06. The number of rotatable bonds is 6. The van der Waals surface area contributed by atoms with E-state index in [4.69, 9.17) is 24.4 Å². The molecule has 2 aliphatic heterocycles. The van der Waals surface area contributed by atoms with Gasteiger partial charge in [0.15, 0.2) is 5.58 Å². The molecule has 256 valence electrons. The van der Waals surface area contributed by atoms with Gasteiger partial charge in [-0.05, 0) is 89.6 Å². The summed E-state index contributed by atoms with van der Waals surface area (Å²) in [5, 5.41) is 4.90. The van der Waals surface area contributed by atoms with Gasteiger partial charge in [-0.1, -0.05) is 103 Å². The van der Waals surface area contributed by atoms with Crippen LogP contribution in [0.25, 0.3) is 44.7 Å². The van der Waals surface area contributed by atoms with Gasteiger partial charge in [-0.25, -0.2) is 4.98 Å². The van der Waals surface area contributed by atoms with Crippen LogP contribution in [0, 0.1) is 5.92 Å². The number of amidine groups is 1. The number of fused-ring (bicyclic) bond motifs is 3. The first kappa shape index (κ1) is 31.3. The van der Waals surface area contributed by atoms with E-state index in [1.165, 1.54) is 22.4 Å². The van der Waals surface area contributed by atoms with Gasteiger partial charge in [0.2, 0.25) is 5.89 Å². The number of nitrogens with one attached hydrogen (secondary N) is 1. The van der Waals surface area contributed by atoms with Gasteiger partial charge in [-0.2, -0.15) is 0 Å². The summed E-state index contributed by atoms with van der Waals surface area (Å²) >= 11 is 0. The van der Waals surface area contributed by atoms with Gasteiger partial charge >= 0.3 is 0 Å². The molecule has 4 aliphatic rings. The molecule has 6 heteroatoms. The predicted molar refractivity (Wildman–Crippen MR) is 216 cm³/mol. The van der Waals surface area contributed by atoms with Crippen LogP contribution in [-0.2, 0) is 0 Å². The number of pyridine rings is 1. The van der Waals surface area contributed by atoms with E-state index in [0.29, 0.717) is 5.89 Å². The number of hydrogen-bond donors (Lipinski definition) is 1. The number of benzene rings is 4. The number of oxazole rings is 1. The number of hydrogen-bond acceptors (Lipinski definition) is 6. The second kappa shape index (κ2) is 13.3. The Morgan fingerprint density at radius 2 is 1.53 bits per heavy atom. The van der Waals surface area contributed by atoms with Gasteiger partial charge in [-0.3, -0.25) is 15.0 Å². The van der Waals surface area contributed by atoms with Crippen LogP contribution in [0.4, 0.5) is 0 Å². The van der Waals surface area contributed by atoms with E-state index in [0.717, 1.165) is 81.6 Å². The minimum atomic E-state index is -0.156. The number of para-hydroxylation sites is 3. The van der Waals surface area contributed by atoms with Gasteiger partial charge in [0.1, 0.15) is 11.4 Å². The molecule has 2 aliphatic carbocycles. The van der Waals surface area contributed by atoms with E-state index in [1.807, 2.05) is 36.5 Å². The number of aromatic nitrogens is 2. The Labute approximate surface area is 308 Å². The molecule has 3 unspecified atom stereocenters. The van der Waals surface area contributed by atoms with Crippen molar-refractivity contribution in [2.24, 2.45) is 15.9 Å². The van der Waals surface area contributed by atoms with Crippen LogP contribution in [0.3, 0.4) is 0 Å². The summed E-state index contributed by atoms with van der Waals surface area (Å²) in [6, 6.07) is 35.6. The minimum Gasteiger partial charge on any atom is -0.436 e. The third-order valence-electron chi connectivity index (χ3n) is 10.7. The van der Waals surface area contributed by atoms with E-state index in [1.54, 1.807) is 0 Å². The normalized spacial score (nSPS) is 20.9. The highest BCUT2D eigenvalue weighted by Crippen LogP contribution is 2.35. The molecule has 4 aromatic carbocycles. The number of allylic oxidation sites excluding steroid dienone is 6. The topological polar surface area (TPSA) is 75.7 Å². The summed E-state index contributed by atoms with van der Waals surface area (Å²) < 4.78 is 6.06. The lowest BCUT2D eigenvalue weighted by molar-refractivity contribution is 0.620. The minimum absolute atomic E-state index is 0.112. The monoisotopic (exact) mass is 687 g/mol. The van der Waals surface area contributed by atoms with E-state index in [2.05, 4.69) is 121 Å². The van der Waals surface area contributed by atoms with Crippen LogP contribution in [-0.4, -0.2) is 28.1 Å². The molecular formula is C47H37N5O. The second-order valence-corrected chi connectivity index (χ2v) is 14.1. The molecule has 0 amide bonds. The molecule has 0 saturated carbocycles. The molecule has 0 spiro atoms. The van der Waals surface area contributed by atoms with Gasteiger partial charge < -0.3 is 9.73 Å². The van der Waals surface area contributed by atoms with Crippen LogP contribution < -0.4 is 5.32 Å². The first-order chi connectivity index (χ1) is 26.2. The zero-order valence-corrected chi connectivity index (χ0v) is 29.2. The van der Waals surface area contributed by atoms with Crippen molar-refractivity contribution < 1.29 is 4.42 Å². The van der Waals surface area contributed by atoms with Gasteiger partial charge in [0.05, 0.1) is 11.6 Å². The molecule has 10 rings (SSSR count). The third-order valence-corrected chi connectivity index (χ3v) is 10.7. The molecule has 0 saturated heterocycles. The standard InChI is InChI=1S/C47H37N5O/c1-3-9-40-36(7-1)25-38(28-48-40)30-13-17-32(18-14-30)43-27-44(33-19-23-35(24-20-33)47-52-42-11-5-6-12-45(42)53-47)51-46(50-43)34-21-15-31(16-22-34)39-26-37-8-2-4-10-41(37)49-29-39/h1-2,4-8,10-21,23-27,29,34,38,44H,3,9,22,28H2,(H,50,51). The highest BCUT2D eigenvalue weighted by Gasteiger charge is 2.25.